The lowest BCUT2D eigenvalue weighted by Gasteiger charge is -2.16. The molecule has 2 aromatic carbocycles. The molecule has 0 unspecified atom stereocenters. The highest BCUT2D eigenvalue weighted by Gasteiger charge is 2.22. The number of aryl methyl sites for hydroxylation is 1. The quantitative estimate of drug-likeness (QED) is 0.451. The van der Waals surface area contributed by atoms with Gasteiger partial charge in [-0.15, -0.1) is 0 Å². The van der Waals surface area contributed by atoms with E-state index in [2.05, 4.69) is 0 Å². The summed E-state index contributed by atoms with van der Waals surface area (Å²) in [5, 5.41) is 11.1. The normalized spacial score (nSPS) is 13.7. The maximum absolute atomic E-state index is 12.4. The lowest BCUT2D eigenvalue weighted by Crippen LogP contribution is -2.24. The van der Waals surface area contributed by atoms with Crippen molar-refractivity contribution >= 4 is 23.1 Å². The maximum atomic E-state index is 12.4. The molecule has 0 bridgehead atoms. The smallest absolute Gasteiger partial charge is 0.311 e. The molecule has 0 spiro atoms. The van der Waals surface area contributed by atoms with Crippen molar-refractivity contribution in [2.75, 3.05) is 18.1 Å². The summed E-state index contributed by atoms with van der Waals surface area (Å²) in [6.07, 6.45) is 1.32. The number of anilines is 1. The number of nitrogens with zero attached hydrogens (tertiary/aromatic N) is 2. The highest BCUT2D eigenvalue weighted by atomic mass is 16.6. The number of ether oxygens (including phenoxy) is 1. The molecule has 7 heteroatoms. The summed E-state index contributed by atoms with van der Waals surface area (Å²) in [7, 11) is 0. The largest absolute Gasteiger partial charge is 0.478 e. The number of hydrogen-bond donors (Lipinski definition) is 0. The fourth-order valence-corrected chi connectivity index (χ4v) is 2.89. The molecule has 2 aromatic rings. The number of carbonyl (C=O) groups is 2. The summed E-state index contributed by atoms with van der Waals surface area (Å²) >= 11 is 0. The number of nitro benzene ring substituents is 1. The van der Waals surface area contributed by atoms with Gasteiger partial charge in [0.25, 0.3) is 0 Å². The van der Waals surface area contributed by atoms with Gasteiger partial charge >= 0.3 is 5.69 Å². The van der Waals surface area contributed by atoms with Gasteiger partial charge in [-0.25, -0.2) is 0 Å². The second-order valence-corrected chi connectivity index (χ2v) is 6.14. The third-order valence-corrected chi connectivity index (χ3v) is 4.22. The fourth-order valence-electron chi connectivity index (χ4n) is 2.89. The van der Waals surface area contributed by atoms with E-state index in [0.717, 1.165) is 12.0 Å². The van der Waals surface area contributed by atoms with Gasteiger partial charge in [-0.05, 0) is 37.1 Å². The van der Waals surface area contributed by atoms with Crippen LogP contribution < -0.4 is 9.64 Å². The lowest BCUT2D eigenvalue weighted by molar-refractivity contribution is -0.385. The van der Waals surface area contributed by atoms with E-state index in [1.807, 2.05) is 0 Å². The van der Waals surface area contributed by atoms with E-state index in [4.69, 9.17) is 4.74 Å². The average Bonchev–Trinajstić information content (AvgIpc) is 3.06. The van der Waals surface area contributed by atoms with E-state index in [1.54, 1.807) is 42.2 Å². The Bertz CT molecular complexity index is 878. The Labute approximate surface area is 150 Å². The molecule has 1 aliphatic rings. The van der Waals surface area contributed by atoms with Crippen LogP contribution in [-0.2, 0) is 4.79 Å². The monoisotopic (exact) mass is 354 g/mol. The van der Waals surface area contributed by atoms with Crippen molar-refractivity contribution in [3.63, 3.8) is 0 Å². The van der Waals surface area contributed by atoms with E-state index in [-0.39, 0.29) is 29.7 Å². The van der Waals surface area contributed by atoms with E-state index in [9.17, 15) is 19.7 Å². The third-order valence-electron chi connectivity index (χ3n) is 4.22. The maximum Gasteiger partial charge on any atom is 0.311 e. The van der Waals surface area contributed by atoms with Crippen LogP contribution in [-0.4, -0.2) is 29.8 Å². The van der Waals surface area contributed by atoms with Crippen LogP contribution in [0.25, 0.3) is 0 Å². The minimum Gasteiger partial charge on any atom is -0.478 e. The van der Waals surface area contributed by atoms with Crippen LogP contribution in [0.4, 0.5) is 11.4 Å². The molecule has 0 atom stereocenters. The number of hydrogen-bond acceptors (Lipinski definition) is 5. The molecule has 3 rings (SSSR count). The molecule has 7 nitrogen and oxygen atoms in total. The number of Topliss-reactive ketones (excluding diaryl/α,β-unsaturated/α-hetero) is 1. The average molecular weight is 354 g/mol. The van der Waals surface area contributed by atoms with Crippen LogP contribution in [0.2, 0.25) is 0 Å². The van der Waals surface area contributed by atoms with Crippen molar-refractivity contribution in [2.24, 2.45) is 0 Å². The van der Waals surface area contributed by atoms with Gasteiger partial charge in [0.1, 0.15) is 0 Å². The molecular formula is C19H18N2O5. The molecule has 0 radical (unpaired) electrons. The van der Waals surface area contributed by atoms with Gasteiger partial charge in [-0.1, -0.05) is 18.2 Å². The molecule has 0 N–H and O–H groups in total. The number of benzene rings is 2. The fraction of sp³-hybridized carbons (Fsp3) is 0.263. The van der Waals surface area contributed by atoms with Crippen LogP contribution >= 0.6 is 0 Å². The Morgan fingerprint density at radius 1 is 1.27 bits per heavy atom. The molecule has 1 heterocycles. The minimum atomic E-state index is -0.535. The Morgan fingerprint density at radius 2 is 2.08 bits per heavy atom. The van der Waals surface area contributed by atoms with Gasteiger partial charge in [-0.2, -0.15) is 0 Å². The zero-order valence-electron chi connectivity index (χ0n) is 14.3. The summed E-state index contributed by atoms with van der Waals surface area (Å²) in [4.78, 5) is 36.5. The lowest BCUT2D eigenvalue weighted by atomic mass is 10.1. The zero-order valence-corrected chi connectivity index (χ0v) is 14.3. The molecule has 0 aliphatic carbocycles. The van der Waals surface area contributed by atoms with Gasteiger partial charge in [0, 0.05) is 30.3 Å². The van der Waals surface area contributed by atoms with Gasteiger partial charge in [-0.3, -0.25) is 19.7 Å². The number of nitro groups is 1. The first-order chi connectivity index (χ1) is 12.5. The first kappa shape index (κ1) is 17.6. The van der Waals surface area contributed by atoms with Crippen LogP contribution in [0.5, 0.6) is 5.75 Å². The van der Waals surface area contributed by atoms with Crippen LogP contribution in [0, 0.1) is 17.0 Å². The third kappa shape index (κ3) is 3.72. The van der Waals surface area contributed by atoms with E-state index < -0.39 is 4.92 Å². The van der Waals surface area contributed by atoms with Crippen molar-refractivity contribution < 1.29 is 19.2 Å². The first-order valence-corrected chi connectivity index (χ1v) is 8.27. The van der Waals surface area contributed by atoms with Crippen molar-refractivity contribution in [3.05, 3.63) is 63.7 Å². The van der Waals surface area contributed by atoms with Gasteiger partial charge < -0.3 is 9.64 Å². The molecule has 1 aliphatic heterocycles. The Hall–Kier alpha value is -3.22. The van der Waals surface area contributed by atoms with Gasteiger partial charge in [0.2, 0.25) is 5.91 Å². The molecule has 0 aromatic heterocycles. The van der Waals surface area contributed by atoms with E-state index >= 15 is 0 Å². The minimum absolute atomic E-state index is 0.0427. The Morgan fingerprint density at radius 3 is 2.77 bits per heavy atom. The van der Waals surface area contributed by atoms with Crippen LogP contribution in [0.15, 0.2) is 42.5 Å². The first-order valence-electron chi connectivity index (χ1n) is 8.27. The Kier molecular flexibility index (Phi) is 4.97. The standard InChI is InChI=1S/C19H18N2O5/c1-13-7-8-18(16(10-13)21(24)25)26-12-17(22)14-4-2-5-15(11-14)20-9-3-6-19(20)23/h2,4-5,7-8,10-11H,3,6,9,12H2,1H3. The predicted octanol–water partition coefficient (Wildman–Crippen LogP) is 3.29. The predicted molar refractivity (Wildman–Crippen MR) is 95.7 cm³/mol. The summed E-state index contributed by atoms with van der Waals surface area (Å²) in [5.74, 6) is -0.214. The highest BCUT2D eigenvalue weighted by Crippen LogP contribution is 2.28. The number of carbonyl (C=O) groups excluding carboxylic acids is 2. The number of ketones is 1. The van der Waals surface area contributed by atoms with Crippen molar-refractivity contribution in [1.82, 2.24) is 0 Å². The molecule has 1 saturated heterocycles. The summed E-state index contributed by atoms with van der Waals surface area (Å²) in [5.41, 5.74) is 1.64. The van der Waals surface area contributed by atoms with Crippen molar-refractivity contribution in [1.29, 1.82) is 0 Å². The van der Waals surface area contributed by atoms with Crippen molar-refractivity contribution in [3.8, 4) is 5.75 Å². The summed E-state index contributed by atoms with van der Waals surface area (Å²) in [6, 6.07) is 11.4. The SMILES string of the molecule is Cc1ccc(OCC(=O)c2cccc(N3CCCC3=O)c2)c([N+](=O)[O-])c1. The summed E-state index contributed by atoms with van der Waals surface area (Å²) in [6.45, 7) is 2.07. The zero-order chi connectivity index (χ0) is 18.7. The van der Waals surface area contributed by atoms with Gasteiger partial charge in [0.15, 0.2) is 18.1 Å². The second kappa shape index (κ2) is 7.35. The second-order valence-electron chi connectivity index (χ2n) is 6.14. The van der Waals surface area contributed by atoms with Gasteiger partial charge in [0.05, 0.1) is 4.92 Å². The number of amides is 1. The highest BCUT2D eigenvalue weighted by molar-refractivity contribution is 6.00. The van der Waals surface area contributed by atoms with Crippen LogP contribution in [0.1, 0.15) is 28.8 Å². The molecule has 1 amide bonds. The Balaban J connectivity index is 1.73. The number of rotatable bonds is 6. The summed E-state index contributed by atoms with van der Waals surface area (Å²) < 4.78 is 5.38. The van der Waals surface area contributed by atoms with Crippen LogP contribution in [0.3, 0.4) is 0 Å². The van der Waals surface area contributed by atoms with E-state index in [1.165, 1.54) is 12.1 Å². The van der Waals surface area contributed by atoms with Crippen molar-refractivity contribution in [2.45, 2.75) is 19.8 Å². The molecule has 1 fully saturated rings. The topological polar surface area (TPSA) is 89.8 Å². The molecule has 26 heavy (non-hydrogen) atoms. The molecular weight excluding hydrogens is 336 g/mol. The van der Waals surface area contributed by atoms with E-state index in [0.29, 0.717) is 24.2 Å². The molecule has 0 saturated carbocycles. The molecule has 134 valence electrons.